The van der Waals surface area contributed by atoms with Crippen molar-refractivity contribution < 1.29 is 47.8 Å². The molecule has 0 bridgehead atoms. The summed E-state index contributed by atoms with van der Waals surface area (Å²) < 4.78 is 12.1. The molecule has 1 aromatic carbocycles. The van der Waals surface area contributed by atoms with E-state index in [1.54, 1.807) is 26.2 Å². The van der Waals surface area contributed by atoms with Gasteiger partial charge in [0.15, 0.2) is 11.6 Å². The van der Waals surface area contributed by atoms with Gasteiger partial charge in [0, 0.05) is 95.3 Å². The lowest BCUT2D eigenvalue weighted by molar-refractivity contribution is -0.149. The number of likely N-dealkylation sites (tertiary alicyclic amines) is 1. The number of benzene rings is 1. The monoisotopic (exact) mass is 1020 g/mol. The maximum atomic E-state index is 14.7. The lowest BCUT2D eigenvalue weighted by Gasteiger charge is -2.41. The summed E-state index contributed by atoms with van der Waals surface area (Å²) in [7, 11) is 6.77. The van der Waals surface area contributed by atoms with Gasteiger partial charge in [-0.2, -0.15) is 0 Å². The standard InChI is InChI=1S/C56H87N7O10/c1-12-38(6)53(47(72-10)33-51(69)62-31-19-23-45(62)54(73-11)39(7)55(70)57-28-27-40-34-58-44-22-16-15-21-42(40)44)61(9)56(71)43(36(2)3)32-46(65)52(37(4)5)60(8)29-18-20-41(64)35-59-48(66)24-14-13-17-30-63-49(67)25-26-50(63)68/h15-16,21-22,25-26,34,36-39,43,45,47,52-54,58H,12-14,17-20,23-24,27-33,35H2,1-11H3,(H,57,70)(H,59,66)/t38-,39+,43-,45-,47+,52-,53-,54+/m0/s1. The molecular weight excluding hydrogens is 931 g/mol. The van der Waals surface area contributed by atoms with Gasteiger partial charge in [-0.05, 0) is 81.5 Å². The molecule has 8 atom stereocenters. The highest BCUT2D eigenvalue weighted by molar-refractivity contribution is 6.12. The van der Waals surface area contributed by atoms with Crippen molar-refractivity contribution in [1.82, 2.24) is 35.2 Å². The van der Waals surface area contributed by atoms with Gasteiger partial charge in [0.1, 0.15) is 0 Å². The SMILES string of the molecule is CC[C@H](C)[C@@H]([C@@H](CC(=O)N1CCC[C@H]1[C@H](OC)[C@@H](C)C(=O)NCCc1c[nH]c2ccccc12)OC)N(C)C(=O)[C@@H](CC(=O)[C@H](C(C)C)N(C)CCCC(=O)CNC(=O)CCCCCN1C(=O)C=CC1=O)C(C)C. The second-order valence-electron chi connectivity index (χ2n) is 21.1. The van der Waals surface area contributed by atoms with Crippen LogP contribution >= 0.6 is 0 Å². The van der Waals surface area contributed by atoms with E-state index in [0.717, 1.165) is 29.3 Å². The average molecular weight is 1020 g/mol. The number of aromatic amines is 1. The topological polar surface area (TPSA) is 208 Å². The maximum Gasteiger partial charge on any atom is 0.253 e. The predicted octanol–water partition coefficient (Wildman–Crippen LogP) is 5.89. The van der Waals surface area contributed by atoms with Crippen LogP contribution in [-0.2, 0) is 54.3 Å². The lowest BCUT2D eigenvalue weighted by atomic mass is 9.83. The fourth-order valence-electron chi connectivity index (χ4n) is 10.9. The Morgan fingerprint density at radius 3 is 2.19 bits per heavy atom. The minimum atomic E-state index is -0.645. The Bertz CT molecular complexity index is 2190. The molecule has 73 heavy (non-hydrogen) atoms. The van der Waals surface area contributed by atoms with Gasteiger partial charge in [0.05, 0.1) is 49.2 Å². The second kappa shape index (κ2) is 29.6. The molecule has 406 valence electrons. The van der Waals surface area contributed by atoms with Crippen molar-refractivity contribution in [2.24, 2.45) is 29.6 Å². The third kappa shape index (κ3) is 16.9. The quantitative estimate of drug-likeness (QED) is 0.0568. The minimum absolute atomic E-state index is 0.0226. The third-order valence-electron chi connectivity index (χ3n) is 15.2. The summed E-state index contributed by atoms with van der Waals surface area (Å²) in [4.78, 5) is 115. The predicted molar refractivity (Wildman–Crippen MR) is 282 cm³/mol. The smallest absolute Gasteiger partial charge is 0.253 e. The highest BCUT2D eigenvalue weighted by Crippen LogP contribution is 2.31. The zero-order valence-electron chi connectivity index (χ0n) is 45.7. The first-order valence-corrected chi connectivity index (χ1v) is 26.7. The van der Waals surface area contributed by atoms with Gasteiger partial charge >= 0.3 is 0 Å². The van der Waals surface area contributed by atoms with Gasteiger partial charge < -0.3 is 34.9 Å². The summed E-state index contributed by atoms with van der Waals surface area (Å²) in [5.41, 5.74) is 2.18. The van der Waals surface area contributed by atoms with E-state index >= 15 is 0 Å². The molecule has 0 saturated carbocycles. The molecule has 1 aromatic heterocycles. The van der Waals surface area contributed by atoms with Crippen LogP contribution in [0, 0.1) is 29.6 Å². The Morgan fingerprint density at radius 2 is 1.55 bits per heavy atom. The summed E-state index contributed by atoms with van der Waals surface area (Å²) in [5.74, 6) is -2.94. The number of hydrogen-bond acceptors (Lipinski definition) is 11. The molecule has 1 saturated heterocycles. The first kappa shape index (κ1) is 60.3. The highest BCUT2D eigenvalue weighted by Gasteiger charge is 2.43. The van der Waals surface area contributed by atoms with E-state index in [9.17, 15) is 38.4 Å². The van der Waals surface area contributed by atoms with Crippen molar-refractivity contribution in [2.75, 3.05) is 61.0 Å². The normalized spacial score (nSPS) is 17.8. The number of likely N-dealkylation sites (N-methyl/N-ethyl adjacent to an activating group) is 2. The number of methoxy groups -OCH3 is 2. The average Bonchev–Trinajstić information content (AvgIpc) is 4.10. The number of hydrogen-bond donors (Lipinski definition) is 3. The number of nitrogens with zero attached hydrogens (tertiary/aromatic N) is 4. The van der Waals surface area contributed by atoms with E-state index < -0.39 is 36.1 Å². The Labute approximate surface area is 434 Å². The van der Waals surface area contributed by atoms with E-state index in [1.165, 1.54) is 17.1 Å². The van der Waals surface area contributed by atoms with E-state index in [2.05, 4.69) is 28.6 Å². The number of unbranched alkanes of at least 4 members (excludes halogenated alkanes) is 2. The first-order valence-electron chi connectivity index (χ1n) is 26.7. The van der Waals surface area contributed by atoms with Crippen molar-refractivity contribution in [1.29, 1.82) is 0 Å². The van der Waals surface area contributed by atoms with Crippen LogP contribution in [0.15, 0.2) is 42.6 Å². The zero-order chi connectivity index (χ0) is 53.9. The van der Waals surface area contributed by atoms with Crippen LogP contribution in [0.2, 0.25) is 0 Å². The number of ether oxygens (including phenoxy) is 2. The maximum absolute atomic E-state index is 14.7. The number of Topliss-reactive ketones (excluding diaryl/α,β-unsaturated/α-hetero) is 2. The van der Waals surface area contributed by atoms with Crippen molar-refractivity contribution in [2.45, 2.75) is 156 Å². The number of rotatable bonds is 33. The summed E-state index contributed by atoms with van der Waals surface area (Å²) >= 11 is 0. The number of fused-ring (bicyclic) bond motifs is 1. The number of amides is 6. The van der Waals surface area contributed by atoms with E-state index in [-0.39, 0.29) is 103 Å². The molecule has 1 fully saturated rings. The Morgan fingerprint density at radius 1 is 0.849 bits per heavy atom. The number of nitrogens with one attached hydrogen (secondary N) is 3. The summed E-state index contributed by atoms with van der Waals surface area (Å²) in [6, 6.07) is 6.79. The third-order valence-corrected chi connectivity index (χ3v) is 15.2. The van der Waals surface area contributed by atoms with Gasteiger partial charge in [-0.25, -0.2) is 0 Å². The number of ketones is 2. The molecule has 2 aromatic rings. The molecule has 0 unspecified atom stereocenters. The summed E-state index contributed by atoms with van der Waals surface area (Å²) in [6.07, 6.45) is 8.97. The van der Waals surface area contributed by atoms with Crippen LogP contribution in [0.1, 0.15) is 125 Å². The molecular formula is C56H87N7O10. The molecule has 0 aliphatic carbocycles. The Hall–Kier alpha value is -5.26. The number of H-pyrrole nitrogens is 1. The lowest BCUT2D eigenvalue weighted by Crippen LogP contribution is -2.54. The number of aromatic nitrogens is 1. The van der Waals surface area contributed by atoms with Crippen molar-refractivity contribution in [3.8, 4) is 0 Å². The fourth-order valence-corrected chi connectivity index (χ4v) is 10.9. The molecule has 2 aliphatic heterocycles. The molecule has 2 aliphatic rings. The van der Waals surface area contributed by atoms with Gasteiger partial charge in [-0.3, -0.25) is 48.2 Å². The van der Waals surface area contributed by atoms with Crippen LogP contribution in [0.4, 0.5) is 0 Å². The zero-order valence-corrected chi connectivity index (χ0v) is 45.7. The molecule has 6 amide bonds. The number of para-hydroxylation sites is 1. The Kier molecular flexibility index (Phi) is 24.4. The molecule has 0 spiro atoms. The molecule has 17 nitrogen and oxygen atoms in total. The van der Waals surface area contributed by atoms with Crippen LogP contribution in [0.25, 0.3) is 10.9 Å². The first-order chi connectivity index (χ1) is 34.7. The van der Waals surface area contributed by atoms with Crippen LogP contribution < -0.4 is 10.6 Å². The van der Waals surface area contributed by atoms with Crippen LogP contribution in [-0.4, -0.2) is 163 Å². The van der Waals surface area contributed by atoms with Gasteiger partial charge in [0.2, 0.25) is 23.6 Å². The largest absolute Gasteiger partial charge is 0.379 e. The fraction of sp³-hybridized carbons (Fsp3) is 0.679. The Balaban J connectivity index is 1.30. The number of imide groups is 1. The summed E-state index contributed by atoms with van der Waals surface area (Å²) in [6.45, 7) is 15.5. The molecule has 0 radical (unpaired) electrons. The van der Waals surface area contributed by atoms with E-state index in [1.807, 2.05) is 82.8 Å². The summed E-state index contributed by atoms with van der Waals surface area (Å²) in [5, 5.41) is 6.91. The van der Waals surface area contributed by atoms with E-state index in [0.29, 0.717) is 64.7 Å². The van der Waals surface area contributed by atoms with Gasteiger partial charge in [-0.15, -0.1) is 0 Å². The number of carbonyl (C=O) groups is 8. The van der Waals surface area contributed by atoms with Crippen LogP contribution in [0.5, 0.6) is 0 Å². The molecule has 3 heterocycles. The molecule has 17 heteroatoms. The van der Waals surface area contributed by atoms with Crippen molar-refractivity contribution in [3.63, 3.8) is 0 Å². The van der Waals surface area contributed by atoms with Crippen molar-refractivity contribution >= 4 is 57.9 Å². The van der Waals surface area contributed by atoms with Gasteiger partial charge in [-0.1, -0.05) is 79.5 Å². The second-order valence-corrected chi connectivity index (χ2v) is 21.1. The minimum Gasteiger partial charge on any atom is -0.379 e. The number of carbonyl (C=O) groups excluding carboxylic acids is 8. The van der Waals surface area contributed by atoms with Crippen LogP contribution in [0.3, 0.4) is 0 Å². The van der Waals surface area contributed by atoms with E-state index in [4.69, 9.17) is 9.47 Å². The molecule has 4 rings (SSSR count). The van der Waals surface area contributed by atoms with Gasteiger partial charge in [0.25, 0.3) is 11.8 Å². The highest BCUT2D eigenvalue weighted by atomic mass is 16.5. The van der Waals surface area contributed by atoms with Crippen molar-refractivity contribution in [3.05, 3.63) is 48.2 Å². The molecule has 3 N–H and O–H groups in total.